The molecule has 0 radical (unpaired) electrons. The van der Waals surface area contributed by atoms with Crippen LogP contribution in [0.25, 0.3) is 0 Å². The lowest BCUT2D eigenvalue weighted by Crippen LogP contribution is -2.38. The van der Waals surface area contributed by atoms with Gasteiger partial charge in [-0.1, -0.05) is 6.07 Å². The van der Waals surface area contributed by atoms with Crippen molar-refractivity contribution in [1.82, 2.24) is 10.6 Å². The van der Waals surface area contributed by atoms with E-state index in [1.807, 2.05) is 32.0 Å². The summed E-state index contributed by atoms with van der Waals surface area (Å²) in [7, 11) is 1.75. The molecule has 25 heavy (non-hydrogen) atoms. The highest BCUT2D eigenvalue weighted by atomic mass is 16.3. The molecule has 0 fully saturated rings. The highest BCUT2D eigenvalue weighted by Crippen LogP contribution is 2.30. The first-order chi connectivity index (χ1) is 12.1. The normalized spacial score (nSPS) is 15.6. The molecule has 1 aliphatic rings. The molecule has 0 saturated heterocycles. The molecule has 134 valence electrons. The summed E-state index contributed by atoms with van der Waals surface area (Å²) in [5.74, 6) is 2.82. The Bertz CT molecular complexity index is 764. The second-order valence-corrected chi connectivity index (χ2v) is 6.65. The molecule has 1 aliphatic carbocycles. The number of fused-ring (bicyclic) bond motifs is 1. The number of nitrogens with zero attached hydrogens (tertiary/aromatic N) is 1. The Kier molecular flexibility index (Phi) is 5.31. The number of hydrogen-bond acceptors (Lipinski definition) is 3. The summed E-state index contributed by atoms with van der Waals surface area (Å²) in [5, 5.41) is 17.0. The summed E-state index contributed by atoms with van der Waals surface area (Å²) in [4.78, 5) is 4.29. The maximum absolute atomic E-state index is 10.3. The van der Waals surface area contributed by atoms with Crippen molar-refractivity contribution in [2.45, 2.75) is 52.1 Å². The molecule has 5 nitrogen and oxygen atoms in total. The van der Waals surface area contributed by atoms with Crippen LogP contribution >= 0.6 is 0 Å². The van der Waals surface area contributed by atoms with Gasteiger partial charge in [0.15, 0.2) is 5.96 Å². The van der Waals surface area contributed by atoms with Crippen LogP contribution in [0, 0.1) is 6.92 Å². The first kappa shape index (κ1) is 17.4. The van der Waals surface area contributed by atoms with Gasteiger partial charge in [0.1, 0.15) is 17.3 Å². The molecule has 3 rings (SSSR count). The third-order valence-electron chi connectivity index (χ3n) is 4.82. The van der Waals surface area contributed by atoms with Gasteiger partial charge in [-0.15, -0.1) is 0 Å². The van der Waals surface area contributed by atoms with Gasteiger partial charge in [0.05, 0.1) is 6.04 Å². The summed E-state index contributed by atoms with van der Waals surface area (Å²) in [5.41, 5.74) is 3.65. The van der Waals surface area contributed by atoms with Crippen molar-refractivity contribution in [3.63, 3.8) is 0 Å². The predicted octanol–water partition coefficient (Wildman–Crippen LogP) is 3.60. The molecule has 0 spiro atoms. The van der Waals surface area contributed by atoms with Crippen LogP contribution in [0.1, 0.15) is 54.0 Å². The third-order valence-corrected chi connectivity index (χ3v) is 4.82. The Morgan fingerprint density at radius 2 is 2.04 bits per heavy atom. The average molecular weight is 341 g/mol. The van der Waals surface area contributed by atoms with E-state index in [0.717, 1.165) is 29.9 Å². The van der Waals surface area contributed by atoms with Crippen molar-refractivity contribution in [2.24, 2.45) is 4.99 Å². The van der Waals surface area contributed by atoms with E-state index in [1.165, 1.54) is 24.0 Å². The van der Waals surface area contributed by atoms with Gasteiger partial charge in [0.25, 0.3) is 0 Å². The average Bonchev–Trinajstić information content (AvgIpc) is 3.06. The second-order valence-electron chi connectivity index (χ2n) is 6.65. The Morgan fingerprint density at radius 1 is 1.24 bits per heavy atom. The Morgan fingerprint density at radius 3 is 2.76 bits per heavy atom. The molecule has 0 aliphatic heterocycles. The molecule has 0 saturated carbocycles. The van der Waals surface area contributed by atoms with Gasteiger partial charge in [-0.05, 0) is 68.9 Å². The van der Waals surface area contributed by atoms with Crippen LogP contribution < -0.4 is 10.6 Å². The molecule has 3 N–H and O–H groups in total. The van der Waals surface area contributed by atoms with E-state index >= 15 is 0 Å². The molecule has 1 aromatic carbocycles. The maximum atomic E-state index is 10.3. The molecule has 5 heteroatoms. The second kappa shape index (κ2) is 7.64. The Hall–Kier alpha value is -2.43. The lowest BCUT2D eigenvalue weighted by atomic mass is 9.88. The highest BCUT2D eigenvalue weighted by Gasteiger charge is 2.17. The van der Waals surface area contributed by atoms with Crippen LogP contribution in [0.2, 0.25) is 0 Å². The fourth-order valence-corrected chi connectivity index (χ4v) is 3.42. The number of aromatic hydroxyl groups is 1. The van der Waals surface area contributed by atoms with Crippen molar-refractivity contribution in [1.29, 1.82) is 0 Å². The maximum Gasteiger partial charge on any atom is 0.191 e. The SMILES string of the molecule is CN=C(NCc1c(O)ccc2c1CCCC2)NC(C)c1ccc(C)o1. The zero-order valence-electron chi connectivity index (χ0n) is 15.2. The van der Waals surface area contributed by atoms with Crippen molar-refractivity contribution in [2.75, 3.05) is 7.05 Å². The predicted molar refractivity (Wildman–Crippen MR) is 99.9 cm³/mol. The number of benzene rings is 1. The minimum atomic E-state index is 0.0122. The van der Waals surface area contributed by atoms with E-state index in [1.54, 1.807) is 7.05 Å². The molecule has 1 atom stereocenters. The number of furan rings is 1. The molecule has 1 heterocycles. The number of hydrogen-bond donors (Lipinski definition) is 3. The largest absolute Gasteiger partial charge is 0.508 e. The van der Waals surface area contributed by atoms with E-state index in [2.05, 4.69) is 21.7 Å². The van der Waals surface area contributed by atoms with E-state index in [0.29, 0.717) is 18.3 Å². The molecule has 0 bridgehead atoms. The van der Waals surface area contributed by atoms with Crippen LogP contribution in [0.5, 0.6) is 5.75 Å². The van der Waals surface area contributed by atoms with E-state index in [9.17, 15) is 5.11 Å². The van der Waals surface area contributed by atoms with E-state index in [4.69, 9.17) is 4.42 Å². The van der Waals surface area contributed by atoms with Crippen LogP contribution in [0.3, 0.4) is 0 Å². The molecule has 0 amide bonds. The van der Waals surface area contributed by atoms with Crippen LogP contribution in [-0.4, -0.2) is 18.1 Å². The Labute approximate surface area is 149 Å². The smallest absolute Gasteiger partial charge is 0.191 e. The van der Waals surface area contributed by atoms with Gasteiger partial charge in [-0.3, -0.25) is 4.99 Å². The molecular formula is C20H27N3O2. The number of guanidine groups is 1. The lowest BCUT2D eigenvalue weighted by Gasteiger charge is -2.22. The quantitative estimate of drug-likeness (QED) is 0.587. The zero-order valence-corrected chi connectivity index (χ0v) is 15.2. The van der Waals surface area contributed by atoms with Gasteiger partial charge < -0.3 is 20.2 Å². The summed E-state index contributed by atoms with van der Waals surface area (Å²) >= 11 is 0. The fraction of sp³-hybridized carbons (Fsp3) is 0.450. The lowest BCUT2D eigenvalue weighted by molar-refractivity contribution is 0.440. The molecule has 2 aromatic rings. The number of phenols is 1. The highest BCUT2D eigenvalue weighted by molar-refractivity contribution is 5.80. The first-order valence-electron chi connectivity index (χ1n) is 8.94. The van der Waals surface area contributed by atoms with E-state index < -0.39 is 0 Å². The molecule has 1 unspecified atom stereocenters. The van der Waals surface area contributed by atoms with Gasteiger partial charge >= 0.3 is 0 Å². The monoisotopic (exact) mass is 341 g/mol. The summed E-state index contributed by atoms with van der Waals surface area (Å²) < 4.78 is 5.66. The van der Waals surface area contributed by atoms with Gasteiger partial charge in [0, 0.05) is 19.2 Å². The van der Waals surface area contributed by atoms with Crippen molar-refractivity contribution >= 4 is 5.96 Å². The van der Waals surface area contributed by atoms with Crippen molar-refractivity contribution < 1.29 is 9.52 Å². The number of nitrogens with one attached hydrogen (secondary N) is 2. The van der Waals surface area contributed by atoms with Crippen LogP contribution in [0.4, 0.5) is 0 Å². The number of aryl methyl sites for hydroxylation is 2. The number of aliphatic imine (C=N–C) groups is 1. The standard InChI is InChI=1S/C20H27N3O2/c1-13-8-11-19(25-13)14(2)23-20(21-3)22-12-17-16-7-5-4-6-15(16)9-10-18(17)24/h8-11,14,24H,4-7,12H2,1-3H3,(H2,21,22,23). The Balaban J connectivity index is 1.68. The van der Waals surface area contributed by atoms with Crippen molar-refractivity contribution in [3.8, 4) is 5.75 Å². The third kappa shape index (κ3) is 3.98. The van der Waals surface area contributed by atoms with Crippen LogP contribution in [-0.2, 0) is 19.4 Å². The van der Waals surface area contributed by atoms with E-state index in [-0.39, 0.29) is 6.04 Å². The van der Waals surface area contributed by atoms with Crippen LogP contribution in [0.15, 0.2) is 33.7 Å². The summed E-state index contributed by atoms with van der Waals surface area (Å²) in [6.45, 7) is 4.52. The molecule has 1 aromatic heterocycles. The van der Waals surface area contributed by atoms with Crippen molar-refractivity contribution in [3.05, 3.63) is 52.5 Å². The fourth-order valence-electron chi connectivity index (χ4n) is 3.42. The molecular weight excluding hydrogens is 314 g/mol. The minimum Gasteiger partial charge on any atom is -0.508 e. The first-order valence-corrected chi connectivity index (χ1v) is 8.94. The van der Waals surface area contributed by atoms with Gasteiger partial charge in [0.2, 0.25) is 0 Å². The zero-order chi connectivity index (χ0) is 17.8. The number of rotatable bonds is 4. The number of phenolic OH excluding ortho intramolecular Hbond substituents is 1. The van der Waals surface area contributed by atoms with Gasteiger partial charge in [-0.25, -0.2) is 0 Å². The summed E-state index contributed by atoms with van der Waals surface area (Å²) in [6.07, 6.45) is 4.55. The summed E-state index contributed by atoms with van der Waals surface area (Å²) in [6, 6.07) is 7.81. The van der Waals surface area contributed by atoms with Gasteiger partial charge in [-0.2, -0.15) is 0 Å². The minimum absolute atomic E-state index is 0.0122. The topological polar surface area (TPSA) is 69.8 Å².